The number of aromatic nitrogens is 1. The SMILES string of the molecule is Clc1cccc(SCc2ncc(CNC3CC3)s2)c1. The Kier molecular flexibility index (Phi) is 4.43. The molecule has 19 heavy (non-hydrogen) atoms. The number of halogens is 1. The van der Waals surface area contributed by atoms with E-state index in [1.165, 1.54) is 27.6 Å². The van der Waals surface area contributed by atoms with E-state index in [2.05, 4.69) is 16.4 Å². The second-order valence-corrected chi connectivity index (χ2v) is 7.31. The molecule has 0 aliphatic heterocycles. The van der Waals surface area contributed by atoms with E-state index in [9.17, 15) is 0 Å². The molecule has 0 atom stereocenters. The Bertz CT molecular complexity index is 552. The van der Waals surface area contributed by atoms with E-state index in [4.69, 9.17) is 11.6 Å². The number of rotatable bonds is 6. The standard InChI is InChI=1S/C14H15ClN2S2/c15-10-2-1-3-12(6-10)18-9-14-17-8-13(19-14)7-16-11-4-5-11/h1-3,6,8,11,16H,4-5,7,9H2. The third-order valence-electron chi connectivity index (χ3n) is 2.90. The Balaban J connectivity index is 1.51. The van der Waals surface area contributed by atoms with E-state index < -0.39 is 0 Å². The molecule has 1 aliphatic carbocycles. The summed E-state index contributed by atoms with van der Waals surface area (Å²) in [5.41, 5.74) is 0. The molecule has 1 N–H and O–H groups in total. The normalized spacial score (nSPS) is 14.8. The van der Waals surface area contributed by atoms with Gasteiger partial charge in [-0.3, -0.25) is 0 Å². The predicted molar refractivity (Wildman–Crippen MR) is 83.0 cm³/mol. The molecular formula is C14H15ClN2S2. The zero-order chi connectivity index (χ0) is 13.1. The van der Waals surface area contributed by atoms with Crippen LogP contribution in [-0.4, -0.2) is 11.0 Å². The first-order chi connectivity index (χ1) is 9.29. The number of thioether (sulfide) groups is 1. The van der Waals surface area contributed by atoms with Crippen LogP contribution in [0.2, 0.25) is 5.02 Å². The first-order valence-corrected chi connectivity index (χ1v) is 8.53. The summed E-state index contributed by atoms with van der Waals surface area (Å²) in [5.74, 6) is 0.911. The maximum Gasteiger partial charge on any atom is 0.103 e. The van der Waals surface area contributed by atoms with E-state index in [0.29, 0.717) is 0 Å². The van der Waals surface area contributed by atoms with Crippen molar-refractivity contribution in [1.29, 1.82) is 0 Å². The van der Waals surface area contributed by atoms with Gasteiger partial charge < -0.3 is 5.32 Å². The fraction of sp³-hybridized carbons (Fsp3) is 0.357. The van der Waals surface area contributed by atoms with Crippen molar-refractivity contribution in [1.82, 2.24) is 10.3 Å². The molecule has 100 valence electrons. The lowest BCUT2D eigenvalue weighted by molar-refractivity contribution is 0.694. The molecule has 0 saturated heterocycles. The first-order valence-electron chi connectivity index (χ1n) is 6.35. The van der Waals surface area contributed by atoms with Crippen LogP contribution in [0.25, 0.3) is 0 Å². The van der Waals surface area contributed by atoms with Crippen molar-refractivity contribution < 1.29 is 0 Å². The molecule has 1 heterocycles. The lowest BCUT2D eigenvalue weighted by Crippen LogP contribution is -2.14. The molecule has 1 aliphatic rings. The van der Waals surface area contributed by atoms with E-state index in [1.54, 1.807) is 23.1 Å². The average molecular weight is 311 g/mol. The lowest BCUT2D eigenvalue weighted by Gasteiger charge is -1.99. The molecule has 1 aromatic carbocycles. The summed E-state index contributed by atoms with van der Waals surface area (Å²) < 4.78 is 0. The van der Waals surface area contributed by atoms with Crippen LogP contribution >= 0.6 is 34.7 Å². The summed E-state index contributed by atoms with van der Waals surface area (Å²) in [5, 5.41) is 5.48. The topological polar surface area (TPSA) is 24.9 Å². The highest BCUT2D eigenvalue weighted by Crippen LogP contribution is 2.27. The van der Waals surface area contributed by atoms with Gasteiger partial charge in [0.15, 0.2) is 0 Å². The molecule has 0 spiro atoms. The molecule has 1 fully saturated rings. The van der Waals surface area contributed by atoms with Gasteiger partial charge in [-0.25, -0.2) is 4.98 Å². The van der Waals surface area contributed by atoms with Gasteiger partial charge in [0, 0.05) is 33.6 Å². The molecule has 2 nitrogen and oxygen atoms in total. The van der Waals surface area contributed by atoms with Gasteiger partial charge in [-0.2, -0.15) is 0 Å². The van der Waals surface area contributed by atoms with Crippen molar-refractivity contribution >= 4 is 34.7 Å². The van der Waals surface area contributed by atoms with Crippen molar-refractivity contribution in [2.75, 3.05) is 0 Å². The molecule has 0 unspecified atom stereocenters. The second-order valence-electron chi connectivity index (χ2n) is 4.62. The van der Waals surface area contributed by atoms with Gasteiger partial charge in [-0.1, -0.05) is 17.7 Å². The maximum absolute atomic E-state index is 5.97. The highest BCUT2D eigenvalue weighted by molar-refractivity contribution is 7.98. The average Bonchev–Trinajstić information content (AvgIpc) is 3.13. The van der Waals surface area contributed by atoms with Crippen LogP contribution in [0.15, 0.2) is 35.4 Å². The zero-order valence-electron chi connectivity index (χ0n) is 10.4. The van der Waals surface area contributed by atoms with Crippen molar-refractivity contribution in [2.24, 2.45) is 0 Å². The van der Waals surface area contributed by atoms with E-state index in [1.807, 2.05) is 24.4 Å². The summed E-state index contributed by atoms with van der Waals surface area (Å²) in [4.78, 5) is 7.00. The smallest absolute Gasteiger partial charge is 0.103 e. The highest BCUT2D eigenvalue weighted by atomic mass is 35.5. The number of benzene rings is 1. The molecule has 5 heteroatoms. The summed E-state index contributed by atoms with van der Waals surface area (Å²) in [6, 6.07) is 8.72. The minimum atomic E-state index is 0.756. The molecule has 0 radical (unpaired) electrons. The predicted octanol–water partition coefficient (Wildman–Crippen LogP) is 4.34. The molecule has 2 aromatic rings. The quantitative estimate of drug-likeness (QED) is 0.803. The Hall–Kier alpha value is -0.550. The summed E-state index contributed by atoms with van der Waals surface area (Å²) in [6.45, 7) is 0.962. The maximum atomic E-state index is 5.97. The summed E-state index contributed by atoms with van der Waals surface area (Å²) in [6.07, 6.45) is 4.65. The zero-order valence-corrected chi connectivity index (χ0v) is 12.8. The summed E-state index contributed by atoms with van der Waals surface area (Å²) >= 11 is 9.55. The molecule has 0 bridgehead atoms. The van der Waals surface area contributed by atoms with Crippen molar-refractivity contribution in [2.45, 2.75) is 36.1 Å². The van der Waals surface area contributed by atoms with Crippen LogP contribution in [-0.2, 0) is 12.3 Å². The molecule has 1 saturated carbocycles. The van der Waals surface area contributed by atoms with Gasteiger partial charge in [-0.15, -0.1) is 23.1 Å². The van der Waals surface area contributed by atoms with Crippen LogP contribution < -0.4 is 5.32 Å². The Morgan fingerprint density at radius 3 is 3.11 bits per heavy atom. The van der Waals surface area contributed by atoms with Crippen LogP contribution in [0, 0.1) is 0 Å². The van der Waals surface area contributed by atoms with E-state index >= 15 is 0 Å². The number of nitrogens with one attached hydrogen (secondary N) is 1. The fourth-order valence-electron chi connectivity index (χ4n) is 1.73. The van der Waals surface area contributed by atoms with Crippen molar-refractivity contribution in [3.8, 4) is 0 Å². The monoisotopic (exact) mass is 310 g/mol. The third-order valence-corrected chi connectivity index (χ3v) is 5.32. The van der Waals surface area contributed by atoms with Crippen LogP contribution in [0.3, 0.4) is 0 Å². The Morgan fingerprint density at radius 2 is 2.32 bits per heavy atom. The van der Waals surface area contributed by atoms with Gasteiger partial charge in [0.1, 0.15) is 5.01 Å². The molecule has 1 aromatic heterocycles. The fourth-order valence-corrected chi connectivity index (χ4v) is 3.82. The molecular weight excluding hydrogens is 296 g/mol. The Labute approximate surface area is 126 Å². The van der Waals surface area contributed by atoms with Gasteiger partial charge in [0.2, 0.25) is 0 Å². The van der Waals surface area contributed by atoms with Gasteiger partial charge in [-0.05, 0) is 31.0 Å². The third kappa shape index (κ3) is 4.21. The van der Waals surface area contributed by atoms with Gasteiger partial charge in [0.05, 0.1) is 5.75 Å². The van der Waals surface area contributed by atoms with Crippen molar-refractivity contribution in [3.63, 3.8) is 0 Å². The highest BCUT2D eigenvalue weighted by Gasteiger charge is 2.20. The second kappa shape index (κ2) is 6.27. The minimum Gasteiger partial charge on any atom is -0.309 e. The van der Waals surface area contributed by atoms with Gasteiger partial charge in [0.25, 0.3) is 0 Å². The van der Waals surface area contributed by atoms with Crippen molar-refractivity contribution in [3.05, 3.63) is 45.4 Å². The Morgan fingerprint density at radius 1 is 1.42 bits per heavy atom. The minimum absolute atomic E-state index is 0.756. The lowest BCUT2D eigenvalue weighted by atomic mass is 10.4. The van der Waals surface area contributed by atoms with E-state index in [0.717, 1.165) is 23.4 Å². The number of hydrogen-bond acceptors (Lipinski definition) is 4. The number of hydrogen-bond donors (Lipinski definition) is 1. The number of nitrogens with zero attached hydrogens (tertiary/aromatic N) is 1. The van der Waals surface area contributed by atoms with Gasteiger partial charge >= 0.3 is 0 Å². The largest absolute Gasteiger partial charge is 0.309 e. The first kappa shape index (κ1) is 13.4. The molecule has 3 rings (SSSR count). The van der Waals surface area contributed by atoms with Crippen LogP contribution in [0.1, 0.15) is 22.7 Å². The number of thiazole rings is 1. The van der Waals surface area contributed by atoms with E-state index in [-0.39, 0.29) is 0 Å². The summed E-state index contributed by atoms with van der Waals surface area (Å²) in [7, 11) is 0. The molecule has 0 amide bonds. The van der Waals surface area contributed by atoms with Crippen LogP contribution in [0.5, 0.6) is 0 Å². The van der Waals surface area contributed by atoms with Crippen LogP contribution in [0.4, 0.5) is 0 Å².